The predicted molar refractivity (Wildman–Crippen MR) is 241 cm³/mol. The van der Waals surface area contributed by atoms with Gasteiger partial charge in [0.2, 0.25) is 0 Å². The summed E-state index contributed by atoms with van der Waals surface area (Å²) in [5.74, 6) is 0. The second-order valence-electron chi connectivity index (χ2n) is 4.37. The molecule has 0 aliphatic rings. The van der Waals surface area contributed by atoms with Crippen LogP contribution in [0.1, 0.15) is 0 Å². The Morgan fingerprint density at radius 3 is 0.828 bits per heavy atom. The van der Waals surface area contributed by atoms with Crippen LogP contribution in [0.2, 0.25) is 0 Å². The van der Waals surface area contributed by atoms with Gasteiger partial charge in [0.1, 0.15) is 0 Å². The van der Waals surface area contributed by atoms with Crippen LogP contribution in [0.3, 0.4) is 0 Å². The second-order valence-corrected chi connectivity index (χ2v) is 118. The quantitative estimate of drug-likeness (QED) is 0.162. The van der Waals surface area contributed by atoms with E-state index in [9.17, 15) is 0 Å². The van der Waals surface area contributed by atoms with Gasteiger partial charge in [-0.05, 0) is 90.8 Å². The van der Waals surface area contributed by atoms with E-state index in [1.54, 1.807) is 0 Å². The summed E-state index contributed by atoms with van der Waals surface area (Å²) < 4.78 is 0. The Kier molecular flexibility index (Phi) is 32.7. The van der Waals surface area contributed by atoms with E-state index in [0.717, 1.165) is 7.96 Å². The summed E-state index contributed by atoms with van der Waals surface area (Å²) in [6.45, 7) is -0.362. The molecule has 29 heavy (non-hydrogen) atoms. The maximum Gasteiger partial charge on any atom is -0.000362 e. The number of rotatable bonds is 13. The molecule has 0 heterocycles. The largest absolute Gasteiger partial charge is 0.102 e. The second kappa shape index (κ2) is 22.9. The minimum absolute atomic E-state index is 0.00447. The van der Waals surface area contributed by atoms with Gasteiger partial charge in [0, 0.05) is 0 Å². The van der Waals surface area contributed by atoms with Crippen molar-refractivity contribution in [2.45, 2.75) is 0 Å². The van der Waals surface area contributed by atoms with Gasteiger partial charge in [0.25, 0.3) is 0 Å². The van der Waals surface area contributed by atoms with Crippen molar-refractivity contribution in [1.82, 2.24) is 0 Å². The first kappa shape index (κ1) is 41.5. The highest BCUT2D eigenvalue weighted by Gasteiger charge is 2.49. The third-order valence-electron chi connectivity index (χ3n) is 2.35. The van der Waals surface area contributed by atoms with Gasteiger partial charge in [-0.2, -0.15) is 0 Å². The third kappa shape index (κ3) is 15.3. The topological polar surface area (TPSA) is 0 Å². The zero-order valence-corrected chi connectivity index (χ0v) is 44.5. The minimum Gasteiger partial charge on any atom is -0.102 e. The molecule has 0 saturated carbocycles. The van der Waals surface area contributed by atoms with Crippen LogP contribution in [0.15, 0.2) is 0 Å². The number of hydrogen-bond acceptors (Lipinski definition) is 0. The summed E-state index contributed by atoms with van der Waals surface area (Å²) in [4.78, 5) is 0. The Labute approximate surface area is 230 Å². The van der Waals surface area contributed by atoms with Gasteiger partial charge >= 0.3 is 0 Å². The van der Waals surface area contributed by atoms with E-state index >= 15 is 0 Å². The first-order chi connectivity index (χ1) is 13.2. The molecule has 0 N–H and O–H groups in total. The van der Waals surface area contributed by atoms with Crippen molar-refractivity contribution in [3.63, 3.8) is 0 Å². The maximum absolute atomic E-state index is 4.19. The predicted octanol–water partition coefficient (Wildman–Crippen LogP) is 17.2. The molecule has 0 nitrogen and oxygen atoms in total. The van der Waals surface area contributed by atoms with Gasteiger partial charge in [-0.3, -0.25) is 0 Å². The van der Waals surface area contributed by atoms with Gasteiger partial charge in [0.15, 0.2) is 0 Å². The van der Waals surface area contributed by atoms with Crippen molar-refractivity contribution in [3.05, 3.63) is 0 Å². The van der Waals surface area contributed by atoms with Crippen LogP contribution in [0, 0.1) is 0 Å². The summed E-state index contributed by atoms with van der Waals surface area (Å²) >= 11 is 0. The van der Waals surface area contributed by atoms with Crippen LogP contribution in [0.25, 0.3) is 0 Å². The summed E-state index contributed by atoms with van der Waals surface area (Å²) in [5.41, 5.74) is 0. The Morgan fingerprint density at radius 1 is 0.414 bits per heavy atom. The molecule has 0 bridgehead atoms. The molecule has 17 unspecified atom stereocenters. The summed E-state index contributed by atoms with van der Waals surface area (Å²) in [7, 11) is 51.6. The van der Waals surface area contributed by atoms with Crippen LogP contribution in [-0.2, 0) is 0 Å². The van der Waals surface area contributed by atoms with Gasteiger partial charge in [-0.15, -0.1) is 116 Å². The molecule has 29 heteroatoms. The molecule has 0 aromatic carbocycles. The molecule has 0 rings (SSSR count). The number of hydrogen-bond donors (Lipinski definition) is 0. The summed E-state index contributed by atoms with van der Waals surface area (Å²) in [6.07, 6.45) is 0. The highest BCUT2D eigenvalue weighted by atomic mass is 33.5. The van der Waals surface area contributed by atoms with E-state index in [1.807, 2.05) is 0 Å². The molecule has 0 spiro atoms. The van der Waals surface area contributed by atoms with E-state index < -0.39 is 0 Å². The summed E-state index contributed by atoms with van der Waals surface area (Å²) in [5, 5.41) is 0. The molecule has 0 aromatic heterocycles. The van der Waals surface area contributed by atoms with Crippen molar-refractivity contribution in [3.8, 4) is 0 Å². The Balaban J connectivity index is 6.97. The molecule has 0 aliphatic heterocycles. The van der Waals surface area contributed by atoms with E-state index in [1.165, 1.54) is 0 Å². The molecule has 0 fully saturated rings. The third-order valence-corrected chi connectivity index (χ3v) is 191. The van der Waals surface area contributed by atoms with E-state index in [4.69, 9.17) is 0 Å². The zero-order valence-electron chi connectivity index (χ0n) is 14.8. The Morgan fingerprint density at radius 2 is 0.655 bits per heavy atom. The van der Waals surface area contributed by atoms with Gasteiger partial charge in [0.05, 0.1) is 0 Å². The smallest absolute Gasteiger partial charge is 0.000362 e. The van der Waals surface area contributed by atoms with Gasteiger partial charge < -0.3 is 0 Å². The van der Waals surface area contributed by atoms with Gasteiger partial charge in [-0.1, -0.05) is 25.8 Å². The fraction of sp³-hybridized carbons (Fsp3) is 0. The van der Waals surface area contributed by atoms with Crippen LogP contribution in [0.5, 0.6) is 0 Å². The van der Waals surface area contributed by atoms with Crippen LogP contribution < -0.4 is 0 Å². The maximum atomic E-state index is 4.19. The molecule has 174 valence electrons. The van der Waals surface area contributed by atoms with E-state index in [2.05, 4.69) is 134 Å². The lowest BCUT2D eigenvalue weighted by molar-refractivity contribution is 4.43. The van der Waals surface area contributed by atoms with Crippen LogP contribution in [-0.4, -0.2) is 0 Å². The lowest BCUT2D eigenvalue weighted by atomic mass is 28.5. The fourth-order valence-electron chi connectivity index (χ4n) is 1.53. The monoisotopic (exact) mass is 927 g/mol. The van der Waals surface area contributed by atoms with Gasteiger partial charge in [-0.25, -0.2) is 0 Å². The molecular formula is H29P29. The first-order valence-electron chi connectivity index (χ1n) is 6.45. The Hall–Kier alpha value is 12.5. The highest BCUT2D eigenvalue weighted by Crippen LogP contribution is 3.37. The molecule has 2 radical (unpaired) electrons. The normalized spacial score (nSPS) is 16.3. The lowest BCUT2D eigenvalue weighted by Gasteiger charge is -2.51. The highest BCUT2D eigenvalue weighted by molar-refractivity contribution is 9.43. The zero-order chi connectivity index (χ0) is 23.2. The molecular weight excluding hydrogens is 898 g/mol. The SMILES string of the molecule is [PH]PP(P([PH])P)P(P(P(P)P)P(P)P)P(P(P(P)P)P(P)P)P(P(P)P)P(P)P. The van der Waals surface area contributed by atoms with Crippen LogP contribution in [0.4, 0.5) is 0 Å². The van der Waals surface area contributed by atoms with E-state index in [-0.39, 0.29) is 90.8 Å². The minimum atomic E-state index is -0.154. The van der Waals surface area contributed by atoms with E-state index in [0.29, 0.717) is 0 Å². The standard InChI is InChI=1S/H29P29/c1-16-24(17(2)3)28(25(18(4)5)19(6)7)29(26(20(8)9)21(10)11)27(22(12)13)23(14)15/h1-2,16H,3-15H2. The van der Waals surface area contributed by atoms with Crippen molar-refractivity contribution in [2.75, 3.05) is 0 Å². The average Bonchev–Trinajstić information content (AvgIpc) is 2.51. The molecule has 17 atom stereocenters. The molecule has 0 aliphatic carbocycles. The van der Waals surface area contributed by atoms with Crippen molar-refractivity contribution < 1.29 is 0 Å². The summed E-state index contributed by atoms with van der Waals surface area (Å²) in [6, 6.07) is 0. The molecule has 0 saturated heterocycles. The van der Waals surface area contributed by atoms with Crippen molar-refractivity contribution in [2.24, 2.45) is 0 Å². The fourth-order valence-corrected chi connectivity index (χ4v) is 373. The molecule has 0 aromatic rings. The average molecular weight is 927 g/mol. The van der Waals surface area contributed by atoms with Crippen LogP contribution >= 0.6 is 233 Å². The van der Waals surface area contributed by atoms with Crippen molar-refractivity contribution in [1.29, 1.82) is 0 Å². The lowest BCUT2D eigenvalue weighted by Crippen LogP contribution is -1.63. The molecule has 0 amide bonds. The van der Waals surface area contributed by atoms with Crippen molar-refractivity contribution >= 4 is 233 Å². The first-order valence-corrected chi connectivity index (χ1v) is 58.1. The Bertz CT molecular complexity index is 368.